The number of benzene rings is 2. The van der Waals surface area contributed by atoms with Crippen LogP contribution in [0.15, 0.2) is 54.6 Å². The van der Waals surface area contributed by atoms with Gasteiger partial charge in [0.05, 0.1) is 13.7 Å². The summed E-state index contributed by atoms with van der Waals surface area (Å²) >= 11 is 0. The molecular weight excluding hydrogens is 382 g/mol. The topological polar surface area (TPSA) is 87.7 Å². The van der Waals surface area contributed by atoms with Gasteiger partial charge in [-0.15, -0.1) is 0 Å². The van der Waals surface area contributed by atoms with E-state index in [2.05, 4.69) is 10.6 Å². The Balaban J connectivity index is 1.38. The van der Waals surface area contributed by atoms with Gasteiger partial charge < -0.3 is 10.1 Å². The van der Waals surface area contributed by atoms with Gasteiger partial charge in [-0.25, -0.2) is 0 Å². The van der Waals surface area contributed by atoms with E-state index >= 15 is 0 Å². The summed E-state index contributed by atoms with van der Waals surface area (Å²) in [4.78, 5) is 38.8. The molecule has 30 heavy (non-hydrogen) atoms. The summed E-state index contributed by atoms with van der Waals surface area (Å²) in [6.07, 6.45) is 1.39. The highest BCUT2D eigenvalue weighted by molar-refractivity contribution is 6.05. The first-order valence-corrected chi connectivity index (χ1v) is 10.1. The maximum atomic E-state index is 12.4. The molecular formula is C23H27N3O4. The number of ether oxygens (including phenoxy) is 1. The lowest BCUT2D eigenvalue weighted by Crippen LogP contribution is -2.45. The van der Waals surface area contributed by atoms with Gasteiger partial charge in [0, 0.05) is 18.0 Å². The fraction of sp³-hybridized carbons (Fsp3) is 0.348. The quantitative estimate of drug-likeness (QED) is 0.730. The van der Waals surface area contributed by atoms with Crippen LogP contribution in [0.2, 0.25) is 0 Å². The molecule has 1 fully saturated rings. The van der Waals surface area contributed by atoms with E-state index in [1.54, 1.807) is 31.4 Å². The molecule has 0 bridgehead atoms. The third-order valence-corrected chi connectivity index (χ3v) is 5.24. The third kappa shape index (κ3) is 6.15. The number of carbonyl (C=O) groups excluding carboxylic acids is 3. The molecule has 158 valence electrons. The van der Waals surface area contributed by atoms with Gasteiger partial charge in [0.1, 0.15) is 5.75 Å². The van der Waals surface area contributed by atoms with Crippen molar-refractivity contribution in [1.29, 1.82) is 0 Å². The van der Waals surface area contributed by atoms with Gasteiger partial charge in [0.2, 0.25) is 11.8 Å². The fourth-order valence-corrected chi connectivity index (χ4v) is 3.47. The van der Waals surface area contributed by atoms with Crippen molar-refractivity contribution in [3.63, 3.8) is 0 Å². The molecule has 0 radical (unpaired) electrons. The van der Waals surface area contributed by atoms with Crippen LogP contribution in [0.5, 0.6) is 5.75 Å². The second kappa shape index (κ2) is 10.5. The Bertz CT molecular complexity index is 860. The van der Waals surface area contributed by atoms with E-state index in [9.17, 15) is 14.4 Å². The molecule has 0 saturated carbocycles. The van der Waals surface area contributed by atoms with Crippen molar-refractivity contribution in [3.8, 4) is 5.75 Å². The van der Waals surface area contributed by atoms with Crippen molar-refractivity contribution in [3.05, 3.63) is 65.7 Å². The summed E-state index contributed by atoms with van der Waals surface area (Å²) in [5.74, 6) is -0.124. The van der Waals surface area contributed by atoms with E-state index < -0.39 is 5.91 Å². The Morgan fingerprint density at radius 1 is 1.00 bits per heavy atom. The number of imide groups is 1. The molecule has 7 heteroatoms. The molecule has 1 saturated heterocycles. The van der Waals surface area contributed by atoms with Gasteiger partial charge in [-0.3, -0.25) is 24.6 Å². The predicted molar refractivity (Wildman–Crippen MR) is 113 cm³/mol. The Labute approximate surface area is 176 Å². The number of methoxy groups -OCH3 is 1. The molecule has 3 amide bonds. The van der Waals surface area contributed by atoms with Crippen molar-refractivity contribution in [2.45, 2.75) is 19.4 Å². The van der Waals surface area contributed by atoms with Crippen molar-refractivity contribution < 1.29 is 19.1 Å². The number of nitrogens with one attached hydrogen (secondary N) is 2. The molecule has 1 aliphatic heterocycles. The van der Waals surface area contributed by atoms with Crippen molar-refractivity contribution >= 4 is 17.7 Å². The van der Waals surface area contributed by atoms with Crippen LogP contribution in [0.4, 0.5) is 0 Å². The van der Waals surface area contributed by atoms with Crippen LogP contribution < -0.4 is 15.4 Å². The lowest BCUT2D eigenvalue weighted by molar-refractivity contribution is -0.126. The molecule has 7 nitrogen and oxygen atoms in total. The highest BCUT2D eigenvalue weighted by Gasteiger charge is 2.26. The maximum absolute atomic E-state index is 12.4. The number of amides is 3. The molecule has 3 rings (SSSR count). The molecule has 0 atom stereocenters. The van der Waals surface area contributed by atoms with Crippen LogP contribution in [0, 0.1) is 5.92 Å². The molecule has 0 aliphatic carbocycles. The van der Waals surface area contributed by atoms with Crippen molar-refractivity contribution in [2.24, 2.45) is 5.92 Å². The molecule has 2 aromatic rings. The van der Waals surface area contributed by atoms with Crippen LogP contribution in [0.3, 0.4) is 0 Å². The summed E-state index contributed by atoms with van der Waals surface area (Å²) in [5, 5.41) is 5.40. The summed E-state index contributed by atoms with van der Waals surface area (Å²) in [5.41, 5.74) is 1.47. The Morgan fingerprint density at radius 3 is 2.30 bits per heavy atom. The van der Waals surface area contributed by atoms with Gasteiger partial charge in [0.25, 0.3) is 5.91 Å². The number of nitrogens with zero attached hydrogens (tertiary/aromatic N) is 1. The molecule has 0 aromatic heterocycles. The Hall–Kier alpha value is -3.19. The number of likely N-dealkylation sites (tertiary alicyclic amines) is 1. The van der Waals surface area contributed by atoms with E-state index in [-0.39, 0.29) is 24.3 Å². The SMILES string of the molecule is COc1ccc(C(=O)NC(=O)CN2CCC(C(=O)NCc3ccccc3)CC2)cc1. The molecule has 2 N–H and O–H groups in total. The van der Waals surface area contributed by atoms with E-state index in [0.717, 1.165) is 5.56 Å². The summed E-state index contributed by atoms with van der Waals surface area (Å²) in [6, 6.07) is 16.4. The van der Waals surface area contributed by atoms with Crippen LogP contribution in [-0.4, -0.2) is 49.4 Å². The lowest BCUT2D eigenvalue weighted by atomic mass is 9.96. The normalized spacial score (nSPS) is 14.7. The highest BCUT2D eigenvalue weighted by atomic mass is 16.5. The Kier molecular flexibility index (Phi) is 7.57. The van der Waals surface area contributed by atoms with Gasteiger partial charge in [-0.1, -0.05) is 30.3 Å². The number of carbonyl (C=O) groups is 3. The minimum atomic E-state index is -0.433. The number of rotatable bonds is 7. The summed E-state index contributed by atoms with van der Waals surface area (Å²) in [7, 11) is 1.55. The second-order valence-corrected chi connectivity index (χ2v) is 7.36. The molecule has 1 heterocycles. The Morgan fingerprint density at radius 2 is 1.67 bits per heavy atom. The van der Waals surface area contributed by atoms with E-state index in [1.807, 2.05) is 35.2 Å². The summed E-state index contributed by atoms with van der Waals surface area (Å²) < 4.78 is 5.06. The van der Waals surface area contributed by atoms with Gasteiger partial charge >= 0.3 is 0 Å². The fourth-order valence-electron chi connectivity index (χ4n) is 3.47. The zero-order valence-corrected chi connectivity index (χ0v) is 17.1. The molecule has 2 aromatic carbocycles. The standard InChI is InChI=1S/C23H27N3O4/c1-30-20-9-7-18(8-10-20)23(29)25-21(27)16-26-13-11-19(12-14-26)22(28)24-15-17-5-3-2-4-6-17/h2-10,19H,11-16H2,1H3,(H,24,28)(H,25,27,29). The number of hydrogen-bond acceptors (Lipinski definition) is 5. The average molecular weight is 409 g/mol. The van der Waals surface area contributed by atoms with E-state index in [4.69, 9.17) is 4.74 Å². The number of hydrogen-bond donors (Lipinski definition) is 2. The van der Waals surface area contributed by atoms with Crippen LogP contribution >= 0.6 is 0 Å². The zero-order chi connectivity index (χ0) is 21.3. The summed E-state index contributed by atoms with van der Waals surface area (Å²) in [6.45, 7) is 1.96. The molecule has 0 spiro atoms. The molecule has 1 aliphatic rings. The van der Waals surface area contributed by atoms with Crippen LogP contribution in [0.25, 0.3) is 0 Å². The van der Waals surface area contributed by atoms with Gasteiger partial charge in [-0.2, -0.15) is 0 Å². The third-order valence-electron chi connectivity index (χ3n) is 5.24. The first kappa shape index (κ1) is 21.5. The van der Waals surface area contributed by atoms with Crippen molar-refractivity contribution in [1.82, 2.24) is 15.5 Å². The van der Waals surface area contributed by atoms with E-state index in [0.29, 0.717) is 43.8 Å². The number of piperidine rings is 1. The zero-order valence-electron chi connectivity index (χ0n) is 17.1. The first-order valence-electron chi connectivity index (χ1n) is 10.1. The maximum Gasteiger partial charge on any atom is 0.257 e. The minimum Gasteiger partial charge on any atom is -0.497 e. The minimum absolute atomic E-state index is 0.0473. The van der Waals surface area contributed by atoms with Gasteiger partial charge in [-0.05, 0) is 55.8 Å². The van der Waals surface area contributed by atoms with Crippen LogP contribution in [0.1, 0.15) is 28.8 Å². The monoisotopic (exact) mass is 409 g/mol. The first-order chi connectivity index (χ1) is 14.5. The van der Waals surface area contributed by atoms with E-state index in [1.165, 1.54) is 0 Å². The van der Waals surface area contributed by atoms with Crippen LogP contribution in [-0.2, 0) is 16.1 Å². The lowest BCUT2D eigenvalue weighted by Gasteiger charge is -2.30. The smallest absolute Gasteiger partial charge is 0.257 e. The molecule has 0 unspecified atom stereocenters. The van der Waals surface area contributed by atoms with Gasteiger partial charge in [0.15, 0.2) is 0 Å². The largest absolute Gasteiger partial charge is 0.497 e. The highest BCUT2D eigenvalue weighted by Crippen LogP contribution is 2.17. The van der Waals surface area contributed by atoms with Crippen molar-refractivity contribution in [2.75, 3.05) is 26.7 Å². The predicted octanol–water partition coefficient (Wildman–Crippen LogP) is 1.98. The second-order valence-electron chi connectivity index (χ2n) is 7.36. The average Bonchev–Trinajstić information content (AvgIpc) is 2.78.